The molecule has 0 atom stereocenters. The molecule has 1 amide bonds. The van der Waals surface area contributed by atoms with Gasteiger partial charge in [0.15, 0.2) is 5.96 Å². The van der Waals surface area contributed by atoms with Gasteiger partial charge < -0.3 is 20.3 Å². The SMILES string of the molecule is CCCOc1cccc(CCNC(=NC)N2CCN(CC(=O)NC(C)C)CC2)c1.I. The topological polar surface area (TPSA) is 69.2 Å². The summed E-state index contributed by atoms with van der Waals surface area (Å²) in [6.07, 6.45) is 1.93. The molecule has 1 aliphatic rings. The summed E-state index contributed by atoms with van der Waals surface area (Å²) in [6, 6.07) is 8.48. The van der Waals surface area contributed by atoms with Crippen LogP contribution in [0.3, 0.4) is 0 Å². The molecular weight excluding hydrogens is 493 g/mol. The number of nitrogens with one attached hydrogen (secondary N) is 2. The van der Waals surface area contributed by atoms with Crippen LogP contribution in [0.15, 0.2) is 29.3 Å². The fourth-order valence-electron chi connectivity index (χ4n) is 3.35. The van der Waals surface area contributed by atoms with Gasteiger partial charge in [-0.3, -0.25) is 14.7 Å². The molecular formula is C22H38IN5O2. The van der Waals surface area contributed by atoms with E-state index in [1.165, 1.54) is 5.56 Å². The summed E-state index contributed by atoms with van der Waals surface area (Å²) >= 11 is 0. The molecule has 1 aliphatic heterocycles. The summed E-state index contributed by atoms with van der Waals surface area (Å²) < 4.78 is 5.71. The fourth-order valence-corrected chi connectivity index (χ4v) is 3.35. The first-order chi connectivity index (χ1) is 14.0. The number of amides is 1. The van der Waals surface area contributed by atoms with Crippen molar-refractivity contribution in [3.63, 3.8) is 0 Å². The van der Waals surface area contributed by atoms with Crippen LogP contribution >= 0.6 is 24.0 Å². The number of nitrogens with zero attached hydrogens (tertiary/aromatic N) is 3. The molecule has 7 nitrogen and oxygen atoms in total. The van der Waals surface area contributed by atoms with E-state index in [1.807, 2.05) is 33.0 Å². The van der Waals surface area contributed by atoms with Gasteiger partial charge in [-0.1, -0.05) is 19.1 Å². The highest BCUT2D eigenvalue weighted by Crippen LogP contribution is 2.14. The zero-order chi connectivity index (χ0) is 21.1. The molecule has 0 aromatic heterocycles. The van der Waals surface area contributed by atoms with E-state index in [4.69, 9.17) is 4.74 Å². The third kappa shape index (κ3) is 9.51. The molecule has 1 aromatic rings. The van der Waals surface area contributed by atoms with Gasteiger partial charge in [-0.25, -0.2) is 0 Å². The second kappa shape index (κ2) is 14.5. The quantitative estimate of drug-likeness (QED) is 0.291. The van der Waals surface area contributed by atoms with Crippen molar-refractivity contribution < 1.29 is 9.53 Å². The van der Waals surface area contributed by atoms with Gasteiger partial charge in [0, 0.05) is 45.8 Å². The van der Waals surface area contributed by atoms with Gasteiger partial charge >= 0.3 is 0 Å². The van der Waals surface area contributed by atoms with Crippen molar-refractivity contribution in [2.45, 2.75) is 39.7 Å². The first kappa shape index (κ1) is 26.5. The van der Waals surface area contributed by atoms with E-state index in [9.17, 15) is 4.79 Å². The minimum absolute atomic E-state index is 0. The summed E-state index contributed by atoms with van der Waals surface area (Å²) in [5, 5.41) is 6.42. The molecule has 1 aromatic carbocycles. The Morgan fingerprint density at radius 3 is 2.60 bits per heavy atom. The van der Waals surface area contributed by atoms with Crippen LogP contribution < -0.4 is 15.4 Å². The zero-order valence-corrected chi connectivity index (χ0v) is 21.1. The van der Waals surface area contributed by atoms with Crippen LogP contribution in [-0.2, 0) is 11.2 Å². The maximum atomic E-state index is 11.9. The van der Waals surface area contributed by atoms with Crippen molar-refractivity contribution in [1.29, 1.82) is 0 Å². The lowest BCUT2D eigenvalue weighted by molar-refractivity contribution is -0.123. The van der Waals surface area contributed by atoms with Crippen LogP contribution in [0.4, 0.5) is 0 Å². The number of hydrogen-bond acceptors (Lipinski definition) is 4. The first-order valence-corrected chi connectivity index (χ1v) is 10.7. The van der Waals surface area contributed by atoms with Gasteiger partial charge in [-0.15, -0.1) is 24.0 Å². The van der Waals surface area contributed by atoms with Gasteiger partial charge in [-0.05, 0) is 44.4 Å². The van der Waals surface area contributed by atoms with Crippen LogP contribution in [-0.4, -0.2) is 80.6 Å². The third-order valence-corrected chi connectivity index (χ3v) is 4.77. The second-order valence-corrected chi connectivity index (χ2v) is 7.71. The predicted octanol–water partition coefficient (Wildman–Crippen LogP) is 2.35. The molecule has 1 saturated heterocycles. The number of rotatable bonds is 9. The monoisotopic (exact) mass is 531 g/mol. The number of benzene rings is 1. The average molecular weight is 531 g/mol. The number of aliphatic imine (C=N–C) groups is 1. The van der Waals surface area contributed by atoms with Crippen LogP contribution in [0.5, 0.6) is 5.75 Å². The van der Waals surface area contributed by atoms with Crippen molar-refractivity contribution in [2.24, 2.45) is 4.99 Å². The maximum absolute atomic E-state index is 11.9. The molecule has 0 aliphatic carbocycles. The van der Waals surface area contributed by atoms with E-state index in [0.717, 1.165) is 63.9 Å². The Bertz CT molecular complexity index is 661. The lowest BCUT2D eigenvalue weighted by Crippen LogP contribution is -2.54. The van der Waals surface area contributed by atoms with Gasteiger partial charge in [0.1, 0.15) is 5.75 Å². The molecule has 0 radical (unpaired) electrons. The Morgan fingerprint density at radius 2 is 1.97 bits per heavy atom. The van der Waals surface area contributed by atoms with Gasteiger partial charge in [-0.2, -0.15) is 0 Å². The summed E-state index contributed by atoms with van der Waals surface area (Å²) in [6.45, 7) is 11.6. The Morgan fingerprint density at radius 1 is 1.23 bits per heavy atom. The Balaban J connectivity index is 0.00000450. The molecule has 2 rings (SSSR count). The van der Waals surface area contributed by atoms with E-state index in [0.29, 0.717) is 6.54 Å². The minimum Gasteiger partial charge on any atom is -0.494 e. The lowest BCUT2D eigenvalue weighted by Gasteiger charge is -2.36. The largest absolute Gasteiger partial charge is 0.494 e. The Kier molecular flexibility index (Phi) is 12.8. The smallest absolute Gasteiger partial charge is 0.234 e. The van der Waals surface area contributed by atoms with E-state index < -0.39 is 0 Å². The molecule has 1 fully saturated rings. The normalized spacial score (nSPS) is 15.0. The Labute approximate surface area is 198 Å². The highest BCUT2D eigenvalue weighted by Gasteiger charge is 2.21. The number of carbonyl (C=O) groups excluding carboxylic acids is 1. The van der Waals surface area contributed by atoms with Gasteiger partial charge in [0.2, 0.25) is 5.91 Å². The molecule has 0 spiro atoms. The number of carbonyl (C=O) groups is 1. The van der Waals surface area contributed by atoms with Crippen molar-refractivity contribution in [2.75, 3.05) is 52.9 Å². The van der Waals surface area contributed by atoms with E-state index in [1.54, 1.807) is 0 Å². The molecule has 2 N–H and O–H groups in total. The van der Waals surface area contributed by atoms with Gasteiger partial charge in [0.25, 0.3) is 0 Å². The van der Waals surface area contributed by atoms with Gasteiger partial charge in [0.05, 0.1) is 13.2 Å². The lowest BCUT2D eigenvalue weighted by atomic mass is 10.1. The number of piperazine rings is 1. The number of halogens is 1. The second-order valence-electron chi connectivity index (χ2n) is 7.71. The Hall–Kier alpha value is -1.55. The van der Waals surface area contributed by atoms with E-state index >= 15 is 0 Å². The first-order valence-electron chi connectivity index (χ1n) is 10.7. The van der Waals surface area contributed by atoms with Crippen molar-refractivity contribution in [1.82, 2.24) is 20.4 Å². The van der Waals surface area contributed by atoms with Crippen LogP contribution in [0.1, 0.15) is 32.8 Å². The van der Waals surface area contributed by atoms with E-state index in [2.05, 4.69) is 44.5 Å². The minimum atomic E-state index is 0. The molecule has 30 heavy (non-hydrogen) atoms. The summed E-state index contributed by atoms with van der Waals surface area (Å²) in [4.78, 5) is 20.8. The summed E-state index contributed by atoms with van der Waals surface area (Å²) in [5.74, 6) is 1.96. The van der Waals surface area contributed by atoms with Crippen LogP contribution in [0, 0.1) is 0 Å². The maximum Gasteiger partial charge on any atom is 0.234 e. The van der Waals surface area contributed by atoms with Crippen molar-refractivity contribution in [3.05, 3.63) is 29.8 Å². The number of guanidine groups is 1. The van der Waals surface area contributed by atoms with Crippen LogP contribution in [0.25, 0.3) is 0 Å². The number of ether oxygens (including phenoxy) is 1. The average Bonchev–Trinajstić information content (AvgIpc) is 2.70. The molecule has 0 bridgehead atoms. The molecule has 8 heteroatoms. The third-order valence-electron chi connectivity index (χ3n) is 4.77. The van der Waals surface area contributed by atoms with E-state index in [-0.39, 0.29) is 35.9 Å². The molecule has 1 heterocycles. The predicted molar refractivity (Wildman–Crippen MR) is 134 cm³/mol. The highest BCUT2D eigenvalue weighted by molar-refractivity contribution is 14.0. The molecule has 170 valence electrons. The molecule has 0 unspecified atom stereocenters. The summed E-state index contributed by atoms with van der Waals surface area (Å²) in [5.41, 5.74) is 1.25. The van der Waals surface area contributed by atoms with Crippen molar-refractivity contribution >= 4 is 35.8 Å². The fraction of sp³-hybridized carbons (Fsp3) is 0.636. The number of hydrogen-bond donors (Lipinski definition) is 2. The van der Waals surface area contributed by atoms with Crippen molar-refractivity contribution in [3.8, 4) is 5.75 Å². The highest BCUT2D eigenvalue weighted by atomic mass is 127. The standard InChI is InChI=1S/C22H37N5O2.HI/c1-5-15-29-20-8-6-7-19(16-20)9-10-24-22(23-4)27-13-11-26(12-14-27)17-21(28)25-18(2)3;/h6-8,16,18H,5,9-15,17H2,1-4H3,(H,23,24)(H,25,28);1H. The van der Waals surface area contributed by atoms with Crippen LogP contribution in [0.2, 0.25) is 0 Å². The summed E-state index contributed by atoms with van der Waals surface area (Å²) in [7, 11) is 1.82. The molecule has 0 saturated carbocycles. The zero-order valence-electron chi connectivity index (χ0n) is 18.8.